The molecule has 1 aliphatic heterocycles. The highest BCUT2D eigenvalue weighted by Gasteiger charge is 2.13. The molecular weight excluding hydrogens is 218 g/mol. The lowest BCUT2D eigenvalue weighted by molar-refractivity contribution is 0.277. The molecule has 0 amide bonds. The molecule has 0 bridgehead atoms. The van der Waals surface area contributed by atoms with Crippen LogP contribution in [0.5, 0.6) is 0 Å². The molecule has 1 saturated heterocycles. The first-order valence-corrected chi connectivity index (χ1v) is 6.46. The summed E-state index contributed by atoms with van der Waals surface area (Å²) in [6.45, 7) is 5.46. The zero-order chi connectivity index (χ0) is 12.5. The highest BCUT2D eigenvalue weighted by atomic mass is 16.4. The van der Waals surface area contributed by atoms with Gasteiger partial charge < -0.3 is 15.3 Å². The number of nitrogens with zero attached hydrogens (tertiary/aromatic N) is 3. The molecule has 5 heteroatoms. The van der Waals surface area contributed by atoms with E-state index < -0.39 is 0 Å². The molecule has 5 nitrogen and oxygen atoms in total. The van der Waals surface area contributed by atoms with Crippen LogP contribution in [0, 0.1) is 0 Å². The van der Waals surface area contributed by atoms with Crippen molar-refractivity contribution in [3.8, 4) is 0 Å². The van der Waals surface area contributed by atoms with Crippen LogP contribution in [0.2, 0.25) is 0 Å². The Balaban J connectivity index is 2.60. The van der Waals surface area contributed by atoms with Crippen molar-refractivity contribution < 1.29 is 10.4 Å². The van der Waals surface area contributed by atoms with E-state index in [2.05, 4.69) is 22.1 Å². The fourth-order valence-corrected chi connectivity index (χ4v) is 2.19. The molecule has 1 fully saturated rings. The van der Waals surface area contributed by atoms with E-state index in [9.17, 15) is 0 Å². The first kappa shape index (κ1) is 14.0. The summed E-state index contributed by atoms with van der Waals surface area (Å²) in [4.78, 5) is 2.44. The van der Waals surface area contributed by atoms with Gasteiger partial charge in [0.2, 0.25) is 0 Å². The Kier molecular flexibility index (Phi) is 6.62. The molecule has 0 aliphatic carbocycles. The van der Waals surface area contributed by atoms with E-state index in [4.69, 9.17) is 10.4 Å². The fraction of sp³-hybridized carbons (Fsp3) is 0.833. The third-order valence-electron chi connectivity index (χ3n) is 3.30. The van der Waals surface area contributed by atoms with Crippen molar-refractivity contribution >= 4 is 11.4 Å². The Morgan fingerprint density at radius 1 is 0.941 bits per heavy atom. The topological polar surface area (TPSA) is 68.4 Å². The molecule has 0 spiro atoms. The van der Waals surface area contributed by atoms with Crippen molar-refractivity contribution in [2.45, 2.75) is 45.4 Å². The van der Waals surface area contributed by atoms with Gasteiger partial charge in [-0.3, -0.25) is 0 Å². The number of hydrogen-bond acceptors (Lipinski definition) is 5. The molecule has 0 radical (unpaired) electrons. The molecule has 0 aromatic carbocycles. The SMILES string of the molecule is CCN1CCCCC(=N\O)/C(=N/O)CCCC1. The minimum absolute atomic E-state index is 0.539. The van der Waals surface area contributed by atoms with Gasteiger partial charge in [0.25, 0.3) is 0 Å². The summed E-state index contributed by atoms with van der Waals surface area (Å²) in [5.74, 6) is 0. The summed E-state index contributed by atoms with van der Waals surface area (Å²) in [7, 11) is 0. The van der Waals surface area contributed by atoms with Crippen molar-refractivity contribution in [3.63, 3.8) is 0 Å². The van der Waals surface area contributed by atoms with Gasteiger partial charge in [0, 0.05) is 0 Å². The first-order chi connectivity index (χ1) is 8.31. The lowest BCUT2D eigenvalue weighted by Gasteiger charge is -2.19. The molecule has 0 aromatic heterocycles. The molecule has 98 valence electrons. The zero-order valence-corrected chi connectivity index (χ0v) is 10.6. The maximum Gasteiger partial charge on any atom is 0.104 e. The summed E-state index contributed by atoms with van der Waals surface area (Å²) >= 11 is 0. The molecule has 0 saturated carbocycles. The Hall–Kier alpha value is -1.10. The van der Waals surface area contributed by atoms with Crippen LogP contribution in [0.25, 0.3) is 0 Å². The maximum atomic E-state index is 8.93. The smallest absolute Gasteiger partial charge is 0.104 e. The van der Waals surface area contributed by atoms with E-state index in [1.807, 2.05) is 0 Å². The summed E-state index contributed by atoms with van der Waals surface area (Å²) in [5.41, 5.74) is 1.08. The van der Waals surface area contributed by atoms with E-state index in [1.54, 1.807) is 0 Å². The highest BCUT2D eigenvalue weighted by molar-refractivity contribution is 6.42. The molecule has 1 aliphatic rings. The largest absolute Gasteiger partial charge is 0.411 e. The van der Waals surface area contributed by atoms with E-state index in [1.165, 1.54) is 0 Å². The minimum atomic E-state index is 0.539. The van der Waals surface area contributed by atoms with Crippen LogP contribution in [-0.4, -0.2) is 46.4 Å². The van der Waals surface area contributed by atoms with Crippen LogP contribution < -0.4 is 0 Å². The second-order valence-electron chi connectivity index (χ2n) is 4.44. The molecule has 0 atom stereocenters. The van der Waals surface area contributed by atoms with Gasteiger partial charge in [-0.2, -0.15) is 0 Å². The van der Waals surface area contributed by atoms with Gasteiger partial charge >= 0.3 is 0 Å². The number of oxime groups is 2. The average Bonchev–Trinajstić information content (AvgIpc) is 2.41. The Morgan fingerprint density at radius 2 is 1.41 bits per heavy atom. The third kappa shape index (κ3) is 4.73. The minimum Gasteiger partial charge on any atom is -0.411 e. The first-order valence-electron chi connectivity index (χ1n) is 6.46. The monoisotopic (exact) mass is 241 g/mol. The Labute approximate surface area is 103 Å². The fourth-order valence-electron chi connectivity index (χ4n) is 2.19. The summed E-state index contributed by atoms with van der Waals surface area (Å²) in [6, 6.07) is 0. The highest BCUT2D eigenvalue weighted by Crippen LogP contribution is 2.10. The van der Waals surface area contributed by atoms with Crippen molar-refractivity contribution in [2.24, 2.45) is 10.3 Å². The van der Waals surface area contributed by atoms with Gasteiger partial charge in [-0.15, -0.1) is 0 Å². The molecule has 17 heavy (non-hydrogen) atoms. The quantitative estimate of drug-likeness (QED) is 0.547. The molecule has 1 heterocycles. The zero-order valence-electron chi connectivity index (χ0n) is 10.6. The Bertz CT molecular complexity index is 251. The van der Waals surface area contributed by atoms with E-state index in [0.29, 0.717) is 24.3 Å². The van der Waals surface area contributed by atoms with Crippen LogP contribution in [0.3, 0.4) is 0 Å². The standard InChI is InChI=1S/C12H23N3O2/c1-2-15-9-5-3-7-11(13-16)12(14-17)8-4-6-10-15/h16-17H,2-10H2,1H3/b13-11+,14-12+. The maximum absolute atomic E-state index is 8.93. The lowest BCUT2D eigenvalue weighted by atomic mass is 10.0. The van der Waals surface area contributed by atoms with E-state index in [-0.39, 0.29) is 0 Å². The van der Waals surface area contributed by atoms with Gasteiger partial charge in [-0.05, 0) is 58.2 Å². The summed E-state index contributed by atoms with van der Waals surface area (Å²) < 4.78 is 0. The van der Waals surface area contributed by atoms with Gasteiger partial charge in [0.1, 0.15) is 11.4 Å². The lowest BCUT2D eigenvalue weighted by Crippen LogP contribution is -2.25. The van der Waals surface area contributed by atoms with Crippen molar-refractivity contribution in [1.82, 2.24) is 4.90 Å². The van der Waals surface area contributed by atoms with Crippen LogP contribution in [0.15, 0.2) is 10.3 Å². The average molecular weight is 241 g/mol. The predicted molar refractivity (Wildman–Crippen MR) is 68.3 cm³/mol. The van der Waals surface area contributed by atoms with Gasteiger partial charge in [-0.25, -0.2) is 0 Å². The second kappa shape index (κ2) is 8.06. The number of hydrogen-bond donors (Lipinski definition) is 2. The molecule has 1 rings (SSSR count). The van der Waals surface area contributed by atoms with Gasteiger partial charge in [-0.1, -0.05) is 17.2 Å². The summed E-state index contributed by atoms with van der Waals surface area (Å²) in [6.07, 6.45) is 5.49. The third-order valence-corrected chi connectivity index (χ3v) is 3.30. The van der Waals surface area contributed by atoms with Crippen LogP contribution >= 0.6 is 0 Å². The van der Waals surface area contributed by atoms with Crippen LogP contribution in [0.4, 0.5) is 0 Å². The van der Waals surface area contributed by atoms with Crippen molar-refractivity contribution in [2.75, 3.05) is 19.6 Å². The van der Waals surface area contributed by atoms with Crippen LogP contribution in [0.1, 0.15) is 45.4 Å². The molecule has 0 unspecified atom stereocenters. The molecular formula is C12H23N3O2. The molecule has 0 aromatic rings. The van der Waals surface area contributed by atoms with Crippen LogP contribution in [-0.2, 0) is 0 Å². The number of rotatable bonds is 1. The van der Waals surface area contributed by atoms with E-state index in [0.717, 1.165) is 45.3 Å². The van der Waals surface area contributed by atoms with Crippen molar-refractivity contribution in [3.05, 3.63) is 0 Å². The van der Waals surface area contributed by atoms with Crippen molar-refractivity contribution in [1.29, 1.82) is 0 Å². The normalized spacial score (nSPS) is 25.9. The van der Waals surface area contributed by atoms with Gasteiger partial charge in [0.15, 0.2) is 0 Å². The second-order valence-corrected chi connectivity index (χ2v) is 4.44. The van der Waals surface area contributed by atoms with E-state index >= 15 is 0 Å². The predicted octanol–water partition coefficient (Wildman–Crippen LogP) is 2.32. The summed E-state index contributed by atoms with van der Waals surface area (Å²) in [5, 5.41) is 24.4. The molecule has 2 N–H and O–H groups in total. The van der Waals surface area contributed by atoms with Gasteiger partial charge in [0.05, 0.1) is 0 Å². The Morgan fingerprint density at radius 3 is 1.76 bits per heavy atom.